The highest BCUT2D eigenvalue weighted by Gasteiger charge is 2.14. The lowest BCUT2D eigenvalue weighted by molar-refractivity contribution is -0.121. The molecule has 5 rings (SSSR count). The van der Waals surface area contributed by atoms with Gasteiger partial charge in [-0.15, -0.1) is 0 Å². The molecule has 1 N–H and O–H groups in total. The van der Waals surface area contributed by atoms with Crippen molar-refractivity contribution in [2.75, 3.05) is 7.11 Å². The Morgan fingerprint density at radius 1 is 0.947 bits per heavy atom. The van der Waals surface area contributed by atoms with Gasteiger partial charge in [0.1, 0.15) is 13.2 Å². The summed E-state index contributed by atoms with van der Waals surface area (Å²) in [5.74, 6) is 0.790. The molecular weight excluding hydrogens is 546 g/mol. The van der Waals surface area contributed by atoms with Gasteiger partial charge in [0, 0.05) is 10.8 Å². The predicted octanol–water partition coefficient (Wildman–Crippen LogP) is 5.66. The van der Waals surface area contributed by atoms with Crippen molar-refractivity contribution in [3.8, 4) is 11.5 Å². The molecule has 8 heteroatoms. The molecule has 4 aromatic carbocycles. The maximum Gasteiger partial charge on any atom is 0.260 e. The molecule has 1 heterocycles. The topological polar surface area (TPSA) is 81.9 Å². The number of aromatic nitrogens is 1. The average molecular weight is 570 g/mol. The Morgan fingerprint density at radius 2 is 1.58 bits per heavy atom. The Labute approximate surface area is 227 Å². The van der Waals surface area contributed by atoms with E-state index >= 15 is 0 Å². The van der Waals surface area contributed by atoms with E-state index in [0.717, 1.165) is 5.56 Å². The first-order valence-electron chi connectivity index (χ1n) is 11.9. The van der Waals surface area contributed by atoms with E-state index in [9.17, 15) is 9.59 Å². The smallest absolute Gasteiger partial charge is 0.260 e. The molecule has 0 fully saturated rings. The van der Waals surface area contributed by atoms with Crippen molar-refractivity contribution in [3.05, 3.63) is 117 Å². The normalized spacial score (nSPS) is 11.2. The molecule has 0 bridgehead atoms. The molecule has 0 atom stereocenters. The minimum atomic E-state index is -0.325. The summed E-state index contributed by atoms with van der Waals surface area (Å²) in [7, 11) is 1.57. The number of carbonyl (C=O) groups is 1. The zero-order chi connectivity index (χ0) is 26.5. The monoisotopic (exact) mass is 569 g/mol. The van der Waals surface area contributed by atoms with E-state index in [0.29, 0.717) is 49.9 Å². The molecule has 38 heavy (non-hydrogen) atoms. The SMILES string of the molecule is COc1cc(C=NNC(=O)Cn2c3ccccc3c(=O)c3ccccc32)cc(Br)c1OCc1ccccc1. The largest absolute Gasteiger partial charge is 0.493 e. The van der Waals surface area contributed by atoms with Gasteiger partial charge in [0.15, 0.2) is 16.9 Å². The molecule has 190 valence electrons. The highest BCUT2D eigenvalue weighted by atomic mass is 79.9. The fraction of sp³-hybridized carbons (Fsp3) is 0.100. The van der Waals surface area contributed by atoms with Gasteiger partial charge in [-0.3, -0.25) is 9.59 Å². The van der Waals surface area contributed by atoms with Crippen LogP contribution in [0.2, 0.25) is 0 Å². The van der Waals surface area contributed by atoms with Crippen LogP contribution >= 0.6 is 15.9 Å². The number of nitrogens with one attached hydrogen (secondary N) is 1. The van der Waals surface area contributed by atoms with Crippen LogP contribution < -0.4 is 20.3 Å². The lowest BCUT2D eigenvalue weighted by Gasteiger charge is -2.14. The summed E-state index contributed by atoms with van der Waals surface area (Å²) >= 11 is 3.55. The number of rotatable bonds is 8. The van der Waals surface area contributed by atoms with Gasteiger partial charge in [-0.2, -0.15) is 5.10 Å². The third kappa shape index (κ3) is 5.31. The number of nitrogens with zero attached hydrogens (tertiary/aromatic N) is 2. The van der Waals surface area contributed by atoms with Crippen molar-refractivity contribution in [2.45, 2.75) is 13.2 Å². The van der Waals surface area contributed by atoms with Gasteiger partial charge < -0.3 is 14.0 Å². The van der Waals surface area contributed by atoms with Crippen LogP contribution in [0, 0.1) is 0 Å². The summed E-state index contributed by atoms with van der Waals surface area (Å²) in [5, 5.41) is 5.27. The van der Waals surface area contributed by atoms with Gasteiger partial charge >= 0.3 is 0 Å². The van der Waals surface area contributed by atoms with E-state index in [2.05, 4.69) is 26.5 Å². The van der Waals surface area contributed by atoms with Crippen LogP contribution in [0.1, 0.15) is 11.1 Å². The summed E-state index contributed by atoms with van der Waals surface area (Å²) in [6.45, 7) is 0.394. The highest BCUT2D eigenvalue weighted by Crippen LogP contribution is 2.36. The van der Waals surface area contributed by atoms with Crippen LogP contribution in [0.5, 0.6) is 11.5 Å². The molecule has 0 aliphatic rings. The lowest BCUT2D eigenvalue weighted by Crippen LogP contribution is -2.25. The number of ether oxygens (including phenoxy) is 2. The number of para-hydroxylation sites is 2. The molecule has 0 aliphatic carbocycles. The summed E-state index contributed by atoms with van der Waals surface area (Å²) in [6, 6.07) is 28.0. The number of methoxy groups -OCH3 is 1. The van der Waals surface area contributed by atoms with Gasteiger partial charge in [0.25, 0.3) is 5.91 Å². The van der Waals surface area contributed by atoms with Gasteiger partial charge in [0.05, 0.1) is 28.8 Å². The van der Waals surface area contributed by atoms with Crippen molar-refractivity contribution >= 4 is 49.9 Å². The number of carbonyl (C=O) groups excluding carboxylic acids is 1. The molecule has 0 radical (unpaired) electrons. The number of amides is 1. The molecule has 1 aromatic heterocycles. The molecule has 0 saturated heterocycles. The highest BCUT2D eigenvalue weighted by molar-refractivity contribution is 9.10. The van der Waals surface area contributed by atoms with E-state index in [4.69, 9.17) is 9.47 Å². The molecule has 0 unspecified atom stereocenters. The number of halogens is 1. The molecule has 1 amide bonds. The quantitative estimate of drug-likeness (QED) is 0.148. The predicted molar refractivity (Wildman–Crippen MR) is 153 cm³/mol. The van der Waals surface area contributed by atoms with Crippen molar-refractivity contribution in [1.29, 1.82) is 0 Å². The summed E-state index contributed by atoms with van der Waals surface area (Å²) in [4.78, 5) is 25.8. The van der Waals surface area contributed by atoms with Crippen molar-refractivity contribution in [1.82, 2.24) is 9.99 Å². The van der Waals surface area contributed by atoms with Crippen LogP contribution in [0.15, 0.2) is 105 Å². The zero-order valence-corrected chi connectivity index (χ0v) is 22.1. The Hall–Kier alpha value is -4.43. The summed E-state index contributed by atoms with van der Waals surface area (Å²) in [6.07, 6.45) is 1.54. The number of benzene rings is 4. The van der Waals surface area contributed by atoms with Crippen molar-refractivity contribution < 1.29 is 14.3 Å². The molecule has 5 aromatic rings. The van der Waals surface area contributed by atoms with Crippen molar-refractivity contribution in [3.63, 3.8) is 0 Å². The summed E-state index contributed by atoms with van der Waals surface area (Å²) < 4.78 is 14.0. The van der Waals surface area contributed by atoms with Crippen molar-refractivity contribution in [2.24, 2.45) is 5.10 Å². The van der Waals surface area contributed by atoms with Crippen LogP contribution in [-0.2, 0) is 17.9 Å². The average Bonchev–Trinajstić information content (AvgIpc) is 2.95. The maximum absolute atomic E-state index is 12.9. The number of pyridine rings is 1. The second-order valence-corrected chi connectivity index (χ2v) is 9.41. The zero-order valence-electron chi connectivity index (χ0n) is 20.6. The Kier molecular flexibility index (Phi) is 7.51. The van der Waals surface area contributed by atoms with E-state index in [1.165, 1.54) is 6.21 Å². The van der Waals surface area contributed by atoms with Crippen LogP contribution in [-0.4, -0.2) is 23.8 Å². The van der Waals surface area contributed by atoms with E-state index in [1.807, 2.05) is 77.4 Å². The third-order valence-corrected chi connectivity index (χ3v) is 6.65. The Morgan fingerprint density at radius 3 is 2.24 bits per heavy atom. The molecule has 0 spiro atoms. The standard InChI is InChI=1S/C30H24BrN3O4/c1-37-27-16-21(15-24(31)30(27)38-19-20-9-3-2-4-10-20)17-32-33-28(35)18-34-25-13-7-5-11-22(25)29(36)23-12-6-8-14-26(23)34/h2-17H,18-19H2,1H3,(H,33,35). The van der Waals surface area contributed by atoms with Crippen LogP contribution in [0.25, 0.3) is 21.8 Å². The number of hydrogen-bond donors (Lipinski definition) is 1. The van der Waals surface area contributed by atoms with Gasteiger partial charge in [-0.25, -0.2) is 5.43 Å². The third-order valence-electron chi connectivity index (χ3n) is 6.06. The first-order valence-corrected chi connectivity index (χ1v) is 12.7. The summed E-state index contributed by atoms with van der Waals surface area (Å²) in [5.41, 5.74) is 5.66. The Bertz CT molecular complexity index is 1650. The van der Waals surface area contributed by atoms with E-state index < -0.39 is 0 Å². The molecule has 0 saturated carbocycles. The number of fused-ring (bicyclic) bond motifs is 2. The second kappa shape index (κ2) is 11.3. The van der Waals surface area contributed by atoms with E-state index in [1.54, 1.807) is 25.3 Å². The fourth-order valence-corrected chi connectivity index (χ4v) is 4.86. The first kappa shape index (κ1) is 25.2. The van der Waals surface area contributed by atoms with Gasteiger partial charge in [-0.1, -0.05) is 54.6 Å². The van der Waals surface area contributed by atoms with Crippen LogP contribution in [0.3, 0.4) is 0 Å². The minimum absolute atomic E-state index is 0.00206. The van der Waals surface area contributed by atoms with E-state index in [-0.39, 0.29) is 17.9 Å². The Balaban J connectivity index is 1.33. The minimum Gasteiger partial charge on any atom is -0.493 e. The fourth-order valence-electron chi connectivity index (χ4n) is 4.29. The molecule has 7 nitrogen and oxygen atoms in total. The van der Waals surface area contributed by atoms with Gasteiger partial charge in [-0.05, 0) is 63.5 Å². The molecular formula is C30H24BrN3O4. The second-order valence-electron chi connectivity index (χ2n) is 8.55. The maximum atomic E-state index is 12.9. The number of hydrazone groups is 1. The van der Waals surface area contributed by atoms with Gasteiger partial charge in [0.2, 0.25) is 0 Å². The number of hydrogen-bond acceptors (Lipinski definition) is 5. The molecule has 0 aliphatic heterocycles. The lowest BCUT2D eigenvalue weighted by atomic mass is 10.1. The van der Waals surface area contributed by atoms with Crippen LogP contribution in [0.4, 0.5) is 0 Å². The first-order chi connectivity index (χ1) is 18.5.